The molecular formula is C56H44N2. The zero-order chi connectivity index (χ0) is 39.0. The first kappa shape index (κ1) is 35.5. The molecule has 9 aromatic rings. The molecule has 1 aromatic heterocycles. The van der Waals surface area contributed by atoms with Gasteiger partial charge in [-0.15, -0.1) is 0 Å². The fourth-order valence-electron chi connectivity index (χ4n) is 8.88. The van der Waals surface area contributed by atoms with Gasteiger partial charge in [-0.2, -0.15) is 0 Å². The molecule has 0 spiro atoms. The first-order valence-corrected chi connectivity index (χ1v) is 20.5. The molecular weight excluding hydrogens is 701 g/mol. The summed E-state index contributed by atoms with van der Waals surface area (Å²) < 4.78 is 0. The van der Waals surface area contributed by atoms with Crippen LogP contribution in [0, 0.1) is 5.92 Å². The lowest BCUT2D eigenvalue weighted by molar-refractivity contribution is 0.413. The number of hydrogen-bond donors (Lipinski definition) is 0. The maximum atomic E-state index is 5.79. The van der Waals surface area contributed by atoms with Gasteiger partial charge in [0.15, 0.2) is 0 Å². The van der Waals surface area contributed by atoms with Crippen LogP contribution < -0.4 is 10.6 Å². The molecule has 8 aromatic carbocycles. The van der Waals surface area contributed by atoms with Gasteiger partial charge in [0.25, 0.3) is 0 Å². The molecule has 0 saturated carbocycles. The SMILES string of the molecule is CC1CC=c2cc(-c3ccc4cc(-c5ccccc5)ccc4c3)cc(-c3ccc4cc(-c5ccccc5)ccc4c3)c2=NC1C(C)c1cccc(-c2ccncc2)c1. The standard InChI is InChI=1S/C56H44N2/c1-37-16-17-52-35-53(50-23-22-46-31-44(18-20-47(46)33-50)39-10-5-3-6-11-39)36-54(51-25-24-48-32-45(19-21-49(48)34-51)40-12-7-4-8-13-40)56(52)58-55(37)38(2)42-14-9-15-43(30-42)41-26-28-57-29-27-41/h3-15,17-38,55H,16H2,1-2H3. The number of benzene rings is 8. The van der Waals surface area contributed by atoms with Crippen LogP contribution in [0.2, 0.25) is 0 Å². The first-order chi connectivity index (χ1) is 28.5. The van der Waals surface area contributed by atoms with E-state index in [2.05, 4.69) is 207 Å². The molecule has 0 bridgehead atoms. The van der Waals surface area contributed by atoms with Crippen molar-refractivity contribution in [1.29, 1.82) is 0 Å². The lowest BCUT2D eigenvalue weighted by Gasteiger charge is -2.26. The molecule has 3 atom stereocenters. The van der Waals surface area contributed by atoms with Gasteiger partial charge < -0.3 is 0 Å². The third kappa shape index (κ3) is 6.92. The number of aromatic nitrogens is 1. The fraction of sp³-hybridized carbons (Fsp3) is 0.107. The second kappa shape index (κ2) is 15.2. The van der Waals surface area contributed by atoms with E-state index in [9.17, 15) is 0 Å². The molecule has 0 aliphatic carbocycles. The van der Waals surface area contributed by atoms with Crippen molar-refractivity contribution in [3.8, 4) is 55.6 Å². The first-order valence-electron chi connectivity index (χ1n) is 20.5. The van der Waals surface area contributed by atoms with E-state index in [1.54, 1.807) is 0 Å². The van der Waals surface area contributed by atoms with Crippen LogP contribution in [0.4, 0.5) is 0 Å². The van der Waals surface area contributed by atoms with Crippen LogP contribution in [0.15, 0.2) is 199 Å². The maximum absolute atomic E-state index is 5.79. The minimum absolute atomic E-state index is 0.100. The van der Waals surface area contributed by atoms with Gasteiger partial charge in [0, 0.05) is 23.9 Å². The van der Waals surface area contributed by atoms with Crippen LogP contribution in [0.25, 0.3) is 83.3 Å². The van der Waals surface area contributed by atoms with Crippen LogP contribution in [0.5, 0.6) is 0 Å². The number of rotatable bonds is 7. The van der Waals surface area contributed by atoms with Crippen molar-refractivity contribution in [2.24, 2.45) is 10.9 Å². The lowest BCUT2D eigenvalue weighted by atomic mass is 9.84. The molecule has 0 fully saturated rings. The molecule has 2 heterocycles. The zero-order valence-electron chi connectivity index (χ0n) is 32.9. The summed E-state index contributed by atoms with van der Waals surface area (Å²) in [7, 11) is 0. The summed E-state index contributed by atoms with van der Waals surface area (Å²) in [5.41, 5.74) is 13.4. The molecule has 0 amide bonds. The number of nitrogens with zero attached hydrogens (tertiary/aromatic N) is 2. The molecule has 2 heteroatoms. The van der Waals surface area contributed by atoms with Crippen LogP contribution >= 0.6 is 0 Å². The summed E-state index contributed by atoms with van der Waals surface area (Å²) in [5, 5.41) is 7.22. The van der Waals surface area contributed by atoms with Crippen molar-refractivity contribution in [3.63, 3.8) is 0 Å². The van der Waals surface area contributed by atoms with Gasteiger partial charge in [-0.1, -0.05) is 153 Å². The highest BCUT2D eigenvalue weighted by Gasteiger charge is 2.26. The number of pyridine rings is 1. The average Bonchev–Trinajstić information content (AvgIpc) is 3.47. The smallest absolute Gasteiger partial charge is 0.0725 e. The topological polar surface area (TPSA) is 25.2 Å². The highest BCUT2D eigenvalue weighted by Crippen LogP contribution is 2.35. The molecule has 0 radical (unpaired) electrons. The van der Waals surface area contributed by atoms with Crippen molar-refractivity contribution in [3.05, 3.63) is 211 Å². The normalized spacial score (nSPS) is 15.6. The average molecular weight is 745 g/mol. The summed E-state index contributed by atoms with van der Waals surface area (Å²) in [6.07, 6.45) is 7.13. The molecule has 1 aliphatic heterocycles. The van der Waals surface area contributed by atoms with Gasteiger partial charge in [0.2, 0.25) is 0 Å². The minimum Gasteiger partial charge on any atom is -0.280 e. The molecule has 58 heavy (non-hydrogen) atoms. The predicted molar refractivity (Wildman–Crippen MR) is 244 cm³/mol. The summed E-state index contributed by atoms with van der Waals surface area (Å²) in [5.74, 6) is 0.578. The summed E-state index contributed by atoms with van der Waals surface area (Å²) in [6.45, 7) is 4.72. The molecule has 2 nitrogen and oxygen atoms in total. The molecule has 1 aliphatic rings. The van der Waals surface area contributed by atoms with E-state index in [-0.39, 0.29) is 12.0 Å². The van der Waals surface area contributed by atoms with E-state index in [0.717, 1.165) is 11.8 Å². The summed E-state index contributed by atoms with van der Waals surface area (Å²) in [4.78, 5) is 10.0. The Labute approximate surface area is 340 Å². The Morgan fingerprint density at radius 3 is 1.55 bits per heavy atom. The van der Waals surface area contributed by atoms with Crippen LogP contribution in [-0.4, -0.2) is 11.0 Å². The van der Waals surface area contributed by atoms with Crippen LogP contribution in [0.3, 0.4) is 0 Å². The van der Waals surface area contributed by atoms with E-state index in [4.69, 9.17) is 4.99 Å². The Morgan fingerprint density at radius 1 is 0.448 bits per heavy atom. The van der Waals surface area contributed by atoms with E-state index in [0.29, 0.717) is 5.92 Å². The largest absolute Gasteiger partial charge is 0.280 e. The lowest BCUT2D eigenvalue weighted by Crippen LogP contribution is -2.30. The zero-order valence-corrected chi connectivity index (χ0v) is 32.9. The van der Waals surface area contributed by atoms with Crippen molar-refractivity contribution >= 4 is 27.6 Å². The molecule has 0 N–H and O–H groups in total. The van der Waals surface area contributed by atoms with Crippen molar-refractivity contribution in [2.75, 3.05) is 0 Å². The molecule has 3 unspecified atom stereocenters. The monoisotopic (exact) mass is 744 g/mol. The highest BCUT2D eigenvalue weighted by atomic mass is 14.8. The molecule has 10 rings (SSSR count). The molecule has 278 valence electrons. The summed E-state index contributed by atoms with van der Waals surface area (Å²) in [6, 6.07) is 66.7. The highest BCUT2D eigenvalue weighted by molar-refractivity contribution is 5.93. The van der Waals surface area contributed by atoms with Crippen LogP contribution in [-0.2, 0) is 0 Å². The second-order valence-electron chi connectivity index (χ2n) is 15.9. The van der Waals surface area contributed by atoms with Gasteiger partial charge in [-0.25, -0.2) is 0 Å². The Morgan fingerprint density at radius 2 is 0.948 bits per heavy atom. The Bertz CT molecular complexity index is 3060. The van der Waals surface area contributed by atoms with Gasteiger partial charge >= 0.3 is 0 Å². The van der Waals surface area contributed by atoms with Crippen molar-refractivity contribution < 1.29 is 0 Å². The van der Waals surface area contributed by atoms with E-state index in [1.807, 2.05) is 12.4 Å². The fourth-order valence-corrected chi connectivity index (χ4v) is 8.88. The van der Waals surface area contributed by atoms with Gasteiger partial charge in [0.05, 0.1) is 11.4 Å². The van der Waals surface area contributed by atoms with Gasteiger partial charge in [-0.3, -0.25) is 9.98 Å². The van der Waals surface area contributed by atoms with Crippen molar-refractivity contribution in [1.82, 2.24) is 4.98 Å². The Balaban J connectivity index is 1.11. The Hall–Kier alpha value is -6.90. The van der Waals surface area contributed by atoms with Gasteiger partial charge in [0.1, 0.15) is 0 Å². The summed E-state index contributed by atoms with van der Waals surface area (Å²) >= 11 is 0. The number of fused-ring (bicyclic) bond motifs is 3. The van der Waals surface area contributed by atoms with Crippen molar-refractivity contribution in [2.45, 2.75) is 32.2 Å². The quantitative estimate of drug-likeness (QED) is 0.160. The Kier molecular flexibility index (Phi) is 9.31. The number of hydrogen-bond acceptors (Lipinski definition) is 2. The van der Waals surface area contributed by atoms with E-state index in [1.165, 1.54) is 88.0 Å². The van der Waals surface area contributed by atoms with Crippen LogP contribution in [0.1, 0.15) is 31.7 Å². The van der Waals surface area contributed by atoms with E-state index >= 15 is 0 Å². The van der Waals surface area contributed by atoms with E-state index < -0.39 is 0 Å². The third-order valence-corrected chi connectivity index (χ3v) is 12.2. The second-order valence-corrected chi connectivity index (χ2v) is 15.9. The maximum Gasteiger partial charge on any atom is 0.0725 e. The van der Waals surface area contributed by atoms with Gasteiger partial charge in [-0.05, 0) is 143 Å². The predicted octanol–water partition coefficient (Wildman–Crippen LogP) is 13.3. The third-order valence-electron chi connectivity index (χ3n) is 12.2. The minimum atomic E-state index is 0.100. The molecule has 0 saturated heterocycles.